The lowest BCUT2D eigenvalue weighted by molar-refractivity contribution is -0.135. The summed E-state index contributed by atoms with van der Waals surface area (Å²) in [6.07, 6.45) is 0.466. The molecule has 1 aliphatic heterocycles. The van der Waals surface area contributed by atoms with Crippen molar-refractivity contribution in [3.63, 3.8) is 0 Å². The van der Waals surface area contributed by atoms with E-state index >= 15 is 0 Å². The third kappa shape index (κ3) is 5.38. The topological polar surface area (TPSA) is 72.9 Å². The predicted molar refractivity (Wildman–Crippen MR) is 106 cm³/mol. The van der Waals surface area contributed by atoms with Crippen LogP contribution in [0.3, 0.4) is 0 Å². The average molecular weight is 388 g/mol. The number of carbonyl (C=O) groups excluding carboxylic acids is 2. The normalized spacial score (nSPS) is 16.1. The first-order valence-electron chi connectivity index (χ1n) is 9.17. The number of benzene rings is 1. The van der Waals surface area contributed by atoms with Crippen LogP contribution in [0.1, 0.15) is 15.2 Å². The molecule has 1 aromatic heterocycles. The number of aliphatic hydroxyl groups excluding tert-OH is 1. The summed E-state index contributed by atoms with van der Waals surface area (Å²) in [6.45, 7) is 3.45. The van der Waals surface area contributed by atoms with Gasteiger partial charge in [-0.15, -0.1) is 11.3 Å². The molecule has 3 rings (SSSR count). The second-order valence-corrected chi connectivity index (χ2v) is 7.53. The maximum absolute atomic E-state index is 13.1. The van der Waals surface area contributed by atoms with Crippen LogP contribution in [0.4, 0.5) is 0 Å². The molecule has 2 heterocycles. The molecule has 7 heteroatoms. The number of hydrogen-bond donors (Lipinski definition) is 2. The van der Waals surface area contributed by atoms with Gasteiger partial charge in [-0.05, 0) is 17.0 Å². The van der Waals surface area contributed by atoms with Gasteiger partial charge in [-0.25, -0.2) is 0 Å². The highest BCUT2D eigenvalue weighted by atomic mass is 32.1. The molecule has 1 saturated heterocycles. The third-order valence-electron chi connectivity index (χ3n) is 4.73. The van der Waals surface area contributed by atoms with Crippen molar-refractivity contribution in [2.45, 2.75) is 12.5 Å². The van der Waals surface area contributed by atoms with Gasteiger partial charge in [0, 0.05) is 39.1 Å². The molecule has 1 atom stereocenters. The Balaban J connectivity index is 1.68. The summed E-state index contributed by atoms with van der Waals surface area (Å²) >= 11 is 1.37. The second-order valence-electron chi connectivity index (χ2n) is 6.58. The zero-order valence-electron chi connectivity index (χ0n) is 15.2. The van der Waals surface area contributed by atoms with Crippen LogP contribution in [0.5, 0.6) is 0 Å². The lowest BCUT2D eigenvalue weighted by Gasteiger charge is -2.36. The monoisotopic (exact) mass is 387 g/mol. The van der Waals surface area contributed by atoms with Crippen LogP contribution in [0, 0.1) is 0 Å². The summed E-state index contributed by atoms with van der Waals surface area (Å²) in [4.78, 5) is 30.2. The van der Waals surface area contributed by atoms with Crippen LogP contribution in [0.25, 0.3) is 0 Å². The van der Waals surface area contributed by atoms with Crippen molar-refractivity contribution >= 4 is 23.2 Å². The minimum absolute atomic E-state index is 0.0487. The molecular weight excluding hydrogens is 362 g/mol. The van der Waals surface area contributed by atoms with E-state index in [0.717, 1.165) is 18.7 Å². The fourth-order valence-corrected chi connectivity index (χ4v) is 3.87. The largest absolute Gasteiger partial charge is 0.395 e. The van der Waals surface area contributed by atoms with Crippen LogP contribution >= 0.6 is 11.3 Å². The molecule has 1 unspecified atom stereocenters. The van der Waals surface area contributed by atoms with Gasteiger partial charge in [0.05, 0.1) is 11.5 Å². The lowest BCUT2D eigenvalue weighted by Crippen LogP contribution is -2.55. The Hall–Kier alpha value is -2.22. The molecule has 1 aromatic carbocycles. The zero-order chi connectivity index (χ0) is 19.1. The van der Waals surface area contributed by atoms with Crippen LogP contribution in [-0.2, 0) is 11.2 Å². The number of thiophene rings is 1. The van der Waals surface area contributed by atoms with E-state index in [4.69, 9.17) is 5.11 Å². The van der Waals surface area contributed by atoms with Crippen molar-refractivity contribution in [1.29, 1.82) is 0 Å². The Morgan fingerprint density at radius 3 is 2.44 bits per heavy atom. The smallest absolute Gasteiger partial charge is 0.262 e. The number of nitrogens with zero attached hydrogens (tertiary/aromatic N) is 2. The van der Waals surface area contributed by atoms with Crippen molar-refractivity contribution in [3.05, 3.63) is 58.3 Å². The van der Waals surface area contributed by atoms with Gasteiger partial charge in [-0.2, -0.15) is 0 Å². The van der Waals surface area contributed by atoms with Gasteiger partial charge in [-0.1, -0.05) is 36.4 Å². The summed E-state index contributed by atoms with van der Waals surface area (Å²) < 4.78 is 0. The van der Waals surface area contributed by atoms with Crippen LogP contribution < -0.4 is 5.32 Å². The minimum atomic E-state index is -0.591. The van der Waals surface area contributed by atoms with Crippen molar-refractivity contribution in [2.24, 2.45) is 0 Å². The van der Waals surface area contributed by atoms with Gasteiger partial charge in [-0.3, -0.25) is 14.5 Å². The number of nitrogens with one attached hydrogen (secondary N) is 1. The maximum atomic E-state index is 13.1. The van der Waals surface area contributed by atoms with Crippen LogP contribution in [0.15, 0.2) is 47.8 Å². The SMILES string of the molecule is O=C(NC(Cc1ccccc1)C(=O)N1CCN(CCO)CC1)c1cccs1. The van der Waals surface area contributed by atoms with E-state index in [1.54, 1.807) is 6.07 Å². The highest BCUT2D eigenvalue weighted by molar-refractivity contribution is 7.12. The first-order chi connectivity index (χ1) is 13.2. The van der Waals surface area contributed by atoms with Gasteiger partial charge in [0.25, 0.3) is 5.91 Å². The van der Waals surface area contributed by atoms with Gasteiger partial charge in [0.15, 0.2) is 0 Å². The summed E-state index contributed by atoms with van der Waals surface area (Å²) in [6, 6.07) is 12.7. The summed E-state index contributed by atoms with van der Waals surface area (Å²) in [5.41, 5.74) is 1.02. The molecule has 0 bridgehead atoms. The molecular formula is C20H25N3O3S. The predicted octanol–water partition coefficient (Wildman–Crippen LogP) is 1.23. The molecule has 144 valence electrons. The van der Waals surface area contributed by atoms with Crippen molar-refractivity contribution < 1.29 is 14.7 Å². The van der Waals surface area contributed by atoms with E-state index in [2.05, 4.69) is 10.2 Å². The van der Waals surface area contributed by atoms with E-state index in [1.807, 2.05) is 46.7 Å². The highest BCUT2D eigenvalue weighted by Gasteiger charge is 2.29. The van der Waals surface area contributed by atoms with E-state index in [0.29, 0.717) is 30.9 Å². The fourth-order valence-electron chi connectivity index (χ4n) is 3.24. The van der Waals surface area contributed by atoms with Gasteiger partial charge >= 0.3 is 0 Å². The number of hydrogen-bond acceptors (Lipinski definition) is 5. The highest BCUT2D eigenvalue weighted by Crippen LogP contribution is 2.12. The summed E-state index contributed by atoms with van der Waals surface area (Å²) in [5, 5.41) is 13.8. The molecule has 6 nitrogen and oxygen atoms in total. The first-order valence-corrected chi connectivity index (χ1v) is 10.1. The molecule has 1 aliphatic rings. The second kappa shape index (κ2) is 9.64. The standard InChI is InChI=1S/C20H25N3O3S/c24-13-12-22-8-10-23(11-9-22)20(26)17(15-16-5-2-1-3-6-16)21-19(25)18-7-4-14-27-18/h1-7,14,17,24H,8-13,15H2,(H,21,25). The zero-order valence-corrected chi connectivity index (χ0v) is 16.0. The van der Waals surface area contributed by atoms with E-state index in [1.165, 1.54) is 11.3 Å². The van der Waals surface area contributed by atoms with Crippen molar-refractivity contribution in [2.75, 3.05) is 39.3 Å². The summed E-state index contributed by atoms with van der Waals surface area (Å²) in [5.74, 6) is -0.259. The number of β-amino-alcohol motifs (C(OH)–C–C–N with tert-alkyl or cyclic N) is 1. The number of aliphatic hydroxyl groups is 1. The quantitative estimate of drug-likeness (QED) is 0.750. The van der Waals surface area contributed by atoms with Gasteiger partial charge in [0.2, 0.25) is 5.91 Å². The number of piperazine rings is 1. The molecule has 2 N–H and O–H groups in total. The van der Waals surface area contributed by atoms with E-state index in [-0.39, 0.29) is 18.4 Å². The van der Waals surface area contributed by atoms with Gasteiger partial charge < -0.3 is 15.3 Å². The number of rotatable bonds is 7. The molecule has 0 radical (unpaired) electrons. The molecule has 0 spiro atoms. The number of carbonyl (C=O) groups is 2. The Bertz CT molecular complexity index is 728. The molecule has 1 fully saturated rings. The average Bonchev–Trinajstić information content (AvgIpc) is 3.24. The molecule has 27 heavy (non-hydrogen) atoms. The molecule has 2 amide bonds. The Morgan fingerprint density at radius 2 is 1.81 bits per heavy atom. The van der Waals surface area contributed by atoms with Crippen LogP contribution in [-0.4, -0.2) is 72.1 Å². The molecule has 0 saturated carbocycles. The minimum Gasteiger partial charge on any atom is -0.395 e. The van der Waals surface area contributed by atoms with Crippen molar-refractivity contribution in [1.82, 2.24) is 15.1 Å². The number of amides is 2. The summed E-state index contributed by atoms with van der Waals surface area (Å²) in [7, 11) is 0. The van der Waals surface area contributed by atoms with E-state index in [9.17, 15) is 9.59 Å². The fraction of sp³-hybridized carbons (Fsp3) is 0.400. The molecule has 2 aromatic rings. The third-order valence-corrected chi connectivity index (χ3v) is 5.60. The lowest BCUT2D eigenvalue weighted by atomic mass is 10.0. The Morgan fingerprint density at radius 1 is 1.07 bits per heavy atom. The van der Waals surface area contributed by atoms with Gasteiger partial charge in [0.1, 0.15) is 6.04 Å². The maximum Gasteiger partial charge on any atom is 0.262 e. The van der Waals surface area contributed by atoms with E-state index < -0.39 is 6.04 Å². The van der Waals surface area contributed by atoms with Crippen LogP contribution in [0.2, 0.25) is 0 Å². The first kappa shape index (κ1) is 19.5. The Labute approximate surface area is 163 Å². The molecule has 0 aliphatic carbocycles. The Kier molecular flexibility index (Phi) is 6.98. The van der Waals surface area contributed by atoms with Crippen molar-refractivity contribution in [3.8, 4) is 0 Å².